The van der Waals surface area contributed by atoms with Gasteiger partial charge in [0.15, 0.2) is 11.5 Å². The van der Waals surface area contributed by atoms with E-state index in [1.54, 1.807) is 0 Å². The maximum atomic E-state index is 14.1. The Kier molecular flexibility index (Phi) is 4.37. The first-order valence-corrected chi connectivity index (χ1v) is 12.0. The molecule has 0 bridgehead atoms. The van der Waals surface area contributed by atoms with Crippen LogP contribution in [0, 0.1) is 0 Å². The van der Waals surface area contributed by atoms with Crippen LogP contribution in [0.2, 0.25) is 0 Å². The molecule has 3 aromatic rings. The van der Waals surface area contributed by atoms with Crippen molar-refractivity contribution in [2.45, 2.75) is 37.3 Å². The van der Waals surface area contributed by atoms with Gasteiger partial charge in [-0.25, -0.2) is 0 Å². The monoisotopic (exact) mass is 468 g/mol. The lowest BCUT2D eigenvalue weighted by Crippen LogP contribution is -2.42. The summed E-state index contributed by atoms with van der Waals surface area (Å²) in [6, 6.07) is 19.4. The van der Waals surface area contributed by atoms with Crippen molar-refractivity contribution in [2.75, 3.05) is 18.3 Å². The highest BCUT2D eigenvalue weighted by Crippen LogP contribution is 2.55. The van der Waals surface area contributed by atoms with Crippen LogP contribution in [0.3, 0.4) is 0 Å². The second-order valence-electron chi connectivity index (χ2n) is 9.60. The molecule has 7 nitrogen and oxygen atoms in total. The summed E-state index contributed by atoms with van der Waals surface area (Å²) < 4.78 is 17.2. The van der Waals surface area contributed by atoms with Crippen LogP contribution in [0.15, 0.2) is 60.7 Å². The molecular formula is C28H24N2O5. The standard InChI is InChI=1S/C28H24N2O5/c31-26(29-19-4-3-5-19)18-10-8-17(9-11-18)14-30-22-7-2-1-6-20(22)28(27(30)32)15-33-23-13-25-24(12-21(23)28)34-16-35-25/h1-2,6-13,19H,3-5,14-16H2,(H,29,31). The van der Waals surface area contributed by atoms with Gasteiger partial charge in [0.2, 0.25) is 12.7 Å². The van der Waals surface area contributed by atoms with Gasteiger partial charge in [0.25, 0.3) is 5.91 Å². The second-order valence-corrected chi connectivity index (χ2v) is 9.60. The summed E-state index contributed by atoms with van der Waals surface area (Å²) in [6.07, 6.45) is 3.28. The van der Waals surface area contributed by atoms with E-state index < -0.39 is 5.41 Å². The van der Waals surface area contributed by atoms with E-state index >= 15 is 0 Å². The summed E-state index contributed by atoms with van der Waals surface area (Å²) in [4.78, 5) is 28.4. The van der Waals surface area contributed by atoms with Crippen molar-refractivity contribution in [1.29, 1.82) is 0 Å². The molecule has 1 fully saturated rings. The molecule has 1 saturated carbocycles. The van der Waals surface area contributed by atoms with Gasteiger partial charge in [0.05, 0.1) is 6.54 Å². The van der Waals surface area contributed by atoms with Crippen molar-refractivity contribution in [2.24, 2.45) is 0 Å². The van der Waals surface area contributed by atoms with Gasteiger partial charge in [-0.2, -0.15) is 0 Å². The number of para-hydroxylation sites is 1. The maximum absolute atomic E-state index is 14.1. The lowest BCUT2D eigenvalue weighted by atomic mass is 9.77. The second kappa shape index (κ2) is 7.50. The number of carbonyl (C=O) groups excluding carboxylic acids is 2. The Morgan fingerprint density at radius 3 is 2.49 bits per heavy atom. The zero-order valence-corrected chi connectivity index (χ0v) is 19.1. The number of anilines is 1. The largest absolute Gasteiger partial charge is 0.491 e. The lowest BCUT2D eigenvalue weighted by Gasteiger charge is -2.26. The van der Waals surface area contributed by atoms with Crippen molar-refractivity contribution >= 4 is 17.5 Å². The number of rotatable bonds is 4. The topological polar surface area (TPSA) is 77.1 Å². The van der Waals surface area contributed by atoms with Gasteiger partial charge in [-0.15, -0.1) is 0 Å². The molecule has 0 saturated heterocycles. The molecule has 1 N–H and O–H groups in total. The number of hydrogen-bond acceptors (Lipinski definition) is 5. The Morgan fingerprint density at radius 1 is 0.943 bits per heavy atom. The third kappa shape index (κ3) is 2.97. The molecule has 1 unspecified atom stereocenters. The van der Waals surface area contributed by atoms with Crippen LogP contribution >= 0.6 is 0 Å². The minimum Gasteiger partial charge on any atom is -0.491 e. The van der Waals surface area contributed by atoms with Gasteiger partial charge in [-0.3, -0.25) is 9.59 Å². The van der Waals surface area contributed by atoms with Gasteiger partial charge in [-0.1, -0.05) is 30.3 Å². The molecule has 0 radical (unpaired) electrons. The van der Waals surface area contributed by atoms with Gasteiger partial charge in [-0.05, 0) is 54.7 Å². The van der Waals surface area contributed by atoms with E-state index in [0.29, 0.717) is 35.4 Å². The van der Waals surface area contributed by atoms with Crippen LogP contribution < -0.4 is 24.4 Å². The Morgan fingerprint density at radius 2 is 1.71 bits per heavy atom. The quantitative estimate of drug-likeness (QED) is 0.628. The van der Waals surface area contributed by atoms with Gasteiger partial charge in [0.1, 0.15) is 17.8 Å². The highest BCUT2D eigenvalue weighted by Gasteiger charge is 2.57. The number of amides is 2. The number of ether oxygens (including phenoxy) is 3. The molecule has 176 valence electrons. The molecule has 2 amide bonds. The number of hydrogen-bond donors (Lipinski definition) is 1. The molecule has 1 spiro atoms. The summed E-state index contributed by atoms with van der Waals surface area (Å²) in [5, 5.41) is 3.07. The highest BCUT2D eigenvalue weighted by atomic mass is 16.7. The van der Waals surface area contributed by atoms with E-state index in [1.165, 1.54) is 6.42 Å². The first kappa shape index (κ1) is 20.4. The molecule has 7 heteroatoms. The predicted molar refractivity (Wildman–Crippen MR) is 128 cm³/mol. The molecular weight excluding hydrogens is 444 g/mol. The molecule has 1 atom stereocenters. The van der Waals surface area contributed by atoms with Crippen LogP contribution in [0.1, 0.15) is 46.3 Å². The van der Waals surface area contributed by atoms with Crippen molar-refractivity contribution in [3.8, 4) is 17.2 Å². The van der Waals surface area contributed by atoms with E-state index in [-0.39, 0.29) is 25.2 Å². The van der Waals surface area contributed by atoms with E-state index in [1.807, 2.05) is 65.6 Å². The molecule has 3 aliphatic heterocycles. The van der Waals surface area contributed by atoms with E-state index in [4.69, 9.17) is 14.2 Å². The third-order valence-corrected chi connectivity index (χ3v) is 7.64. The van der Waals surface area contributed by atoms with E-state index in [0.717, 1.165) is 35.2 Å². The number of benzene rings is 3. The Hall–Kier alpha value is -4.00. The summed E-state index contributed by atoms with van der Waals surface area (Å²) in [5.74, 6) is 1.86. The van der Waals surface area contributed by atoms with Crippen LogP contribution in [-0.2, 0) is 16.8 Å². The SMILES string of the molecule is O=C(NC1CCC1)c1ccc(CN2C(=O)C3(COc4cc5c(cc43)OCO5)c3ccccc32)cc1. The number of fused-ring (bicyclic) bond motifs is 5. The molecule has 4 aliphatic rings. The van der Waals surface area contributed by atoms with E-state index in [2.05, 4.69) is 5.32 Å². The number of nitrogens with zero attached hydrogens (tertiary/aromatic N) is 1. The lowest BCUT2D eigenvalue weighted by molar-refractivity contribution is -0.122. The Balaban J connectivity index is 1.21. The zero-order chi connectivity index (χ0) is 23.6. The molecule has 3 heterocycles. The number of carbonyl (C=O) groups is 2. The van der Waals surface area contributed by atoms with Crippen molar-refractivity contribution in [3.63, 3.8) is 0 Å². The van der Waals surface area contributed by atoms with E-state index in [9.17, 15) is 9.59 Å². The first-order chi connectivity index (χ1) is 17.1. The maximum Gasteiger partial charge on any atom is 0.251 e. The Bertz CT molecular complexity index is 1360. The average Bonchev–Trinajstić information content (AvgIpc) is 3.53. The third-order valence-electron chi connectivity index (χ3n) is 7.64. The Labute approximate surface area is 202 Å². The minimum atomic E-state index is -0.921. The van der Waals surface area contributed by atoms with Crippen molar-refractivity contribution < 1.29 is 23.8 Å². The normalized spacial score (nSPS) is 21.5. The predicted octanol–water partition coefficient (Wildman–Crippen LogP) is 3.92. The average molecular weight is 469 g/mol. The van der Waals surface area contributed by atoms with Gasteiger partial charge >= 0.3 is 0 Å². The fourth-order valence-corrected chi connectivity index (χ4v) is 5.49. The highest BCUT2D eigenvalue weighted by molar-refractivity contribution is 6.11. The van der Waals surface area contributed by atoms with Crippen molar-refractivity contribution in [1.82, 2.24) is 5.32 Å². The molecule has 0 aromatic heterocycles. The van der Waals surface area contributed by atoms with Crippen LogP contribution in [0.4, 0.5) is 5.69 Å². The van der Waals surface area contributed by atoms with Gasteiger partial charge < -0.3 is 24.4 Å². The smallest absolute Gasteiger partial charge is 0.251 e. The summed E-state index contributed by atoms with van der Waals surface area (Å²) >= 11 is 0. The summed E-state index contributed by atoms with van der Waals surface area (Å²) in [7, 11) is 0. The minimum absolute atomic E-state index is 0.0249. The van der Waals surface area contributed by atoms with Crippen molar-refractivity contribution in [3.05, 3.63) is 82.9 Å². The summed E-state index contributed by atoms with van der Waals surface area (Å²) in [6.45, 7) is 0.802. The van der Waals surface area contributed by atoms with Crippen LogP contribution in [0.5, 0.6) is 17.2 Å². The van der Waals surface area contributed by atoms with Gasteiger partial charge in [0, 0.05) is 28.9 Å². The zero-order valence-electron chi connectivity index (χ0n) is 19.1. The van der Waals surface area contributed by atoms with Crippen LogP contribution in [0.25, 0.3) is 0 Å². The van der Waals surface area contributed by atoms with Crippen LogP contribution in [-0.4, -0.2) is 31.3 Å². The fourth-order valence-electron chi connectivity index (χ4n) is 5.49. The molecule has 3 aromatic carbocycles. The molecule has 35 heavy (non-hydrogen) atoms. The number of nitrogens with one attached hydrogen (secondary N) is 1. The first-order valence-electron chi connectivity index (χ1n) is 12.0. The molecule has 7 rings (SSSR count). The molecule has 1 aliphatic carbocycles. The summed E-state index contributed by atoms with van der Waals surface area (Å²) in [5.41, 5.74) is 3.28. The fraction of sp³-hybridized carbons (Fsp3) is 0.286.